The standard InChI is InChI=1S/C24H33N3S/c1-18-16-19(2)23(20(3)17-18)25-24(28)27(22-11-13-26(4)14-12-22)15-10-21-8-6-5-7-9-21/h5-9,16-17,22H,10-15H2,1-4H3,(H,25,28). The SMILES string of the molecule is Cc1cc(C)c(NC(=S)N(CCc2ccccc2)C2CCN(C)CC2)c(C)c1. The summed E-state index contributed by atoms with van der Waals surface area (Å²) in [6.07, 6.45) is 3.35. The monoisotopic (exact) mass is 395 g/mol. The molecular weight excluding hydrogens is 362 g/mol. The number of likely N-dealkylation sites (tertiary alicyclic amines) is 1. The number of rotatable bonds is 5. The molecule has 0 unspecified atom stereocenters. The normalized spacial score (nSPS) is 15.4. The average molecular weight is 396 g/mol. The van der Waals surface area contributed by atoms with Crippen molar-refractivity contribution in [3.63, 3.8) is 0 Å². The van der Waals surface area contributed by atoms with Crippen molar-refractivity contribution < 1.29 is 0 Å². The Morgan fingerprint density at radius 3 is 2.29 bits per heavy atom. The molecule has 28 heavy (non-hydrogen) atoms. The minimum atomic E-state index is 0.506. The Labute approximate surface area is 175 Å². The van der Waals surface area contributed by atoms with E-state index in [1.165, 1.54) is 35.1 Å². The number of benzene rings is 2. The van der Waals surface area contributed by atoms with E-state index in [0.717, 1.165) is 36.9 Å². The highest BCUT2D eigenvalue weighted by molar-refractivity contribution is 7.80. The molecule has 2 aromatic rings. The van der Waals surface area contributed by atoms with Gasteiger partial charge in [-0.3, -0.25) is 0 Å². The molecule has 150 valence electrons. The van der Waals surface area contributed by atoms with E-state index in [1.807, 2.05) is 0 Å². The van der Waals surface area contributed by atoms with Gasteiger partial charge < -0.3 is 15.1 Å². The largest absolute Gasteiger partial charge is 0.346 e. The molecule has 1 aliphatic rings. The first-order chi connectivity index (χ1) is 13.4. The van der Waals surface area contributed by atoms with E-state index in [2.05, 4.69) is 85.4 Å². The molecule has 0 amide bonds. The fourth-order valence-corrected chi connectivity index (χ4v) is 4.55. The number of thiocarbonyl (C=S) groups is 1. The van der Waals surface area contributed by atoms with Crippen LogP contribution >= 0.6 is 12.2 Å². The van der Waals surface area contributed by atoms with Gasteiger partial charge in [0.15, 0.2) is 5.11 Å². The van der Waals surface area contributed by atoms with Gasteiger partial charge in [0.25, 0.3) is 0 Å². The van der Waals surface area contributed by atoms with Gasteiger partial charge in [-0.2, -0.15) is 0 Å². The van der Waals surface area contributed by atoms with Crippen molar-refractivity contribution in [2.75, 3.05) is 32.0 Å². The third-order valence-corrected chi connectivity index (χ3v) is 6.12. The summed E-state index contributed by atoms with van der Waals surface area (Å²) in [6.45, 7) is 9.69. The fourth-order valence-electron chi connectivity index (χ4n) is 4.21. The predicted molar refractivity (Wildman–Crippen MR) is 124 cm³/mol. The Balaban J connectivity index is 1.76. The van der Waals surface area contributed by atoms with Crippen LogP contribution in [-0.4, -0.2) is 47.6 Å². The summed E-state index contributed by atoms with van der Waals surface area (Å²) in [5.74, 6) is 0. The van der Waals surface area contributed by atoms with E-state index in [9.17, 15) is 0 Å². The molecule has 0 atom stereocenters. The lowest BCUT2D eigenvalue weighted by atomic mass is 10.0. The van der Waals surface area contributed by atoms with Gasteiger partial charge in [-0.1, -0.05) is 48.0 Å². The van der Waals surface area contributed by atoms with Crippen molar-refractivity contribution in [2.45, 2.75) is 46.1 Å². The zero-order valence-electron chi connectivity index (χ0n) is 17.7. The topological polar surface area (TPSA) is 18.5 Å². The molecule has 0 spiro atoms. The van der Waals surface area contributed by atoms with Crippen molar-refractivity contribution >= 4 is 23.0 Å². The molecule has 0 radical (unpaired) electrons. The second kappa shape index (κ2) is 9.53. The molecule has 1 fully saturated rings. The van der Waals surface area contributed by atoms with Crippen LogP contribution in [0, 0.1) is 20.8 Å². The maximum absolute atomic E-state index is 5.94. The van der Waals surface area contributed by atoms with Gasteiger partial charge >= 0.3 is 0 Å². The second-order valence-corrected chi connectivity index (χ2v) is 8.55. The van der Waals surface area contributed by atoms with Gasteiger partial charge in [-0.05, 0) is 89.1 Å². The summed E-state index contributed by atoms with van der Waals surface area (Å²) in [5.41, 5.74) is 6.33. The van der Waals surface area contributed by atoms with Crippen molar-refractivity contribution in [1.82, 2.24) is 9.80 Å². The Kier molecular flexibility index (Phi) is 7.08. The van der Waals surface area contributed by atoms with Crippen LogP contribution in [-0.2, 0) is 6.42 Å². The molecule has 2 aromatic carbocycles. The number of nitrogens with one attached hydrogen (secondary N) is 1. The fraction of sp³-hybridized carbons (Fsp3) is 0.458. The van der Waals surface area contributed by atoms with E-state index < -0.39 is 0 Å². The summed E-state index contributed by atoms with van der Waals surface area (Å²) in [6, 6.07) is 15.7. The Bertz CT molecular complexity index is 772. The molecule has 3 rings (SSSR count). The number of hydrogen-bond donors (Lipinski definition) is 1. The predicted octanol–water partition coefficient (Wildman–Crippen LogP) is 4.95. The maximum Gasteiger partial charge on any atom is 0.173 e. The van der Waals surface area contributed by atoms with Gasteiger partial charge in [0.2, 0.25) is 0 Å². The highest BCUT2D eigenvalue weighted by Crippen LogP contribution is 2.24. The molecule has 0 aromatic heterocycles. The van der Waals surface area contributed by atoms with Crippen LogP contribution in [0.25, 0.3) is 0 Å². The third kappa shape index (κ3) is 5.33. The van der Waals surface area contributed by atoms with Crippen molar-refractivity contribution in [2.24, 2.45) is 0 Å². The lowest BCUT2D eigenvalue weighted by Crippen LogP contribution is -2.48. The van der Waals surface area contributed by atoms with E-state index in [4.69, 9.17) is 12.2 Å². The molecule has 4 heteroatoms. The van der Waals surface area contributed by atoms with Crippen LogP contribution in [0.1, 0.15) is 35.1 Å². The molecule has 1 heterocycles. The Morgan fingerprint density at radius 2 is 1.68 bits per heavy atom. The summed E-state index contributed by atoms with van der Waals surface area (Å²) in [5, 5.41) is 4.46. The van der Waals surface area contributed by atoms with Crippen LogP contribution in [0.5, 0.6) is 0 Å². The minimum absolute atomic E-state index is 0.506. The van der Waals surface area contributed by atoms with Crippen molar-refractivity contribution in [3.8, 4) is 0 Å². The molecular formula is C24H33N3S. The zero-order chi connectivity index (χ0) is 20.1. The summed E-state index contributed by atoms with van der Waals surface area (Å²) in [4.78, 5) is 4.85. The lowest BCUT2D eigenvalue weighted by molar-refractivity contribution is 0.178. The zero-order valence-corrected chi connectivity index (χ0v) is 18.5. The smallest absolute Gasteiger partial charge is 0.173 e. The first-order valence-electron chi connectivity index (χ1n) is 10.3. The Hall–Kier alpha value is -1.91. The second-order valence-electron chi connectivity index (χ2n) is 8.17. The van der Waals surface area contributed by atoms with Gasteiger partial charge in [0, 0.05) is 18.3 Å². The maximum atomic E-state index is 5.94. The van der Waals surface area contributed by atoms with E-state index >= 15 is 0 Å². The average Bonchev–Trinajstić information content (AvgIpc) is 2.67. The lowest BCUT2D eigenvalue weighted by Gasteiger charge is -2.39. The number of aryl methyl sites for hydroxylation is 3. The number of anilines is 1. The van der Waals surface area contributed by atoms with Crippen LogP contribution < -0.4 is 5.32 Å². The summed E-state index contributed by atoms with van der Waals surface area (Å²) in [7, 11) is 2.21. The molecule has 3 nitrogen and oxygen atoms in total. The highest BCUT2D eigenvalue weighted by atomic mass is 32.1. The number of hydrogen-bond acceptors (Lipinski definition) is 2. The van der Waals surface area contributed by atoms with E-state index in [0.29, 0.717) is 6.04 Å². The number of piperidine rings is 1. The van der Waals surface area contributed by atoms with Crippen molar-refractivity contribution in [1.29, 1.82) is 0 Å². The quantitative estimate of drug-likeness (QED) is 0.722. The van der Waals surface area contributed by atoms with Gasteiger partial charge in [0.05, 0.1) is 0 Å². The van der Waals surface area contributed by atoms with Crippen LogP contribution in [0.2, 0.25) is 0 Å². The molecule has 0 bridgehead atoms. The van der Waals surface area contributed by atoms with Crippen LogP contribution in [0.3, 0.4) is 0 Å². The van der Waals surface area contributed by atoms with Crippen LogP contribution in [0.15, 0.2) is 42.5 Å². The van der Waals surface area contributed by atoms with Crippen LogP contribution in [0.4, 0.5) is 5.69 Å². The highest BCUT2D eigenvalue weighted by Gasteiger charge is 2.25. The first kappa shape index (κ1) is 20.8. The van der Waals surface area contributed by atoms with E-state index in [-0.39, 0.29) is 0 Å². The van der Waals surface area contributed by atoms with Gasteiger partial charge in [-0.25, -0.2) is 0 Å². The van der Waals surface area contributed by atoms with E-state index in [1.54, 1.807) is 0 Å². The molecule has 1 saturated heterocycles. The molecule has 0 aliphatic carbocycles. The third-order valence-electron chi connectivity index (χ3n) is 5.78. The van der Waals surface area contributed by atoms with Gasteiger partial charge in [-0.15, -0.1) is 0 Å². The minimum Gasteiger partial charge on any atom is -0.346 e. The summed E-state index contributed by atoms with van der Waals surface area (Å²) >= 11 is 5.94. The molecule has 1 aliphatic heterocycles. The molecule has 1 N–H and O–H groups in total. The number of nitrogens with zero attached hydrogens (tertiary/aromatic N) is 2. The van der Waals surface area contributed by atoms with Gasteiger partial charge in [0.1, 0.15) is 0 Å². The Morgan fingerprint density at radius 1 is 1.07 bits per heavy atom. The summed E-state index contributed by atoms with van der Waals surface area (Å²) < 4.78 is 0. The first-order valence-corrected chi connectivity index (χ1v) is 10.7. The van der Waals surface area contributed by atoms with Crippen molar-refractivity contribution in [3.05, 3.63) is 64.7 Å². The molecule has 0 saturated carbocycles.